The van der Waals surface area contributed by atoms with Crippen LogP contribution in [-0.4, -0.2) is 38.1 Å². The highest BCUT2D eigenvalue weighted by Crippen LogP contribution is 2.34. The number of benzene rings is 2. The maximum atomic E-state index is 12.9. The molecule has 4 rings (SSSR count). The quantitative estimate of drug-likeness (QED) is 0.375. The summed E-state index contributed by atoms with van der Waals surface area (Å²) in [4.78, 5) is 18.5. The molecular formula is C21H19ClN4O5S. The van der Waals surface area contributed by atoms with Crippen molar-refractivity contribution in [2.24, 2.45) is 5.73 Å². The van der Waals surface area contributed by atoms with Crippen molar-refractivity contribution in [1.82, 2.24) is 14.7 Å². The average molecular weight is 475 g/mol. The molecule has 0 radical (unpaired) electrons. The first-order valence-corrected chi connectivity index (χ1v) is 11.4. The van der Waals surface area contributed by atoms with Crippen LogP contribution in [0.2, 0.25) is 5.02 Å². The number of aromatic amines is 1. The van der Waals surface area contributed by atoms with Crippen molar-refractivity contribution in [2.45, 2.75) is 11.3 Å². The summed E-state index contributed by atoms with van der Waals surface area (Å²) in [6.07, 6.45) is -0.582. The molecule has 2 aromatic carbocycles. The molecule has 0 saturated carbocycles. The number of methoxy groups -OCH3 is 1. The van der Waals surface area contributed by atoms with Crippen LogP contribution < -0.4 is 19.9 Å². The lowest BCUT2D eigenvalue weighted by Crippen LogP contribution is -2.26. The van der Waals surface area contributed by atoms with Gasteiger partial charge < -0.3 is 20.2 Å². The average Bonchev–Trinajstić information content (AvgIpc) is 3.13. The van der Waals surface area contributed by atoms with E-state index in [0.717, 1.165) is 5.56 Å². The maximum absolute atomic E-state index is 12.9. The molecule has 166 valence electrons. The van der Waals surface area contributed by atoms with E-state index in [4.69, 9.17) is 26.8 Å². The van der Waals surface area contributed by atoms with E-state index in [0.29, 0.717) is 33.2 Å². The molecule has 9 nitrogen and oxygen atoms in total. The molecule has 4 aromatic rings. The van der Waals surface area contributed by atoms with Gasteiger partial charge in [-0.15, -0.1) is 0 Å². The number of fused-ring (bicyclic) bond motifs is 3. The Balaban J connectivity index is 1.68. The first kappa shape index (κ1) is 21.9. The summed E-state index contributed by atoms with van der Waals surface area (Å²) in [6, 6.07) is 13.5. The summed E-state index contributed by atoms with van der Waals surface area (Å²) in [7, 11) is -2.37. The van der Waals surface area contributed by atoms with Gasteiger partial charge in [0.05, 0.1) is 12.0 Å². The van der Waals surface area contributed by atoms with E-state index in [1.54, 1.807) is 18.2 Å². The molecule has 1 amide bonds. The van der Waals surface area contributed by atoms with Crippen LogP contribution in [-0.2, 0) is 16.4 Å². The summed E-state index contributed by atoms with van der Waals surface area (Å²) < 4.78 is 38.5. The topological polar surface area (TPSA) is 136 Å². The molecule has 0 aliphatic heterocycles. The number of nitrogens with one attached hydrogen (secondary N) is 2. The molecule has 11 heteroatoms. The molecule has 0 spiro atoms. The third kappa shape index (κ3) is 4.33. The molecule has 0 aliphatic carbocycles. The Morgan fingerprint density at radius 3 is 2.69 bits per heavy atom. The Bertz CT molecular complexity index is 1440. The number of hydrogen-bond donors (Lipinski definition) is 3. The minimum atomic E-state index is -3.79. The number of amides is 1. The van der Waals surface area contributed by atoms with Gasteiger partial charge in [0.25, 0.3) is 5.88 Å². The second kappa shape index (κ2) is 8.65. The Hall–Kier alpha value is -3.34. The van der Waals surface area contributed by atoms with Gasteiger partial charge in [-0.05, 0) is 36.2 Å². The molecule has 0 bridgehead atoms. The van der Waals surface area contributed by atoms with Crippen molar-refractivity contribution >= 4 is 49.5 Å². The Kier molecular flexibility index (Phi) is 5.92. The number of pyridine rings is 1. The number of nitrogens with two attached hydrogens (primary N) is 1. The number of H-pyrrole nitrogens is 1. The van der Waals surface area contributed by atoms with E-state index in [1.165, 1.54) is 19.2 Å². The molecule has 4 N–H and O–H groups in total. The second-order valence-corrected chi connectivity index (χ2v) is 9.06. The van der Waals surface area contributed by atoms with Crippen LogP contribution in [0.4, 0.5) is 4.79 Å². The third-order valence-electron chi connectivity index (χ3n) is 4.86. The van der Waals surface area contributed by atoms with Gasteiger partial charge >= 0.3 is 6.09 Å². The fourth-order valence-corrected chi connectivity index (χ4v) is 4.66. The van der Waals surface area contributed by atoms with Gasteiger partial charge in [-0.3, -0.25) is 0 Å². The fourth-order valence-electron chi connectivity index (χ4n) is 3.37. The van der Waals surface area contributed by atoms with Crippen molar-refractivity contribution in [3.8, 4) is 11.8 Å². The number of ether oxygens (including phenoxy) is 2. The number of halogens is 1. The Labute approximate surface area is 188 Å². The van der Waals surface area contributed by atoms with Crippen LogP contribution in [0.25, 0.3) is 21.8 Å². The zero-order chi connectivity index (χ0) is 22.9. The van der Waals surface area contributed by atoms with Gasteiger partial charge in [0.2, 0.25) is 15.9 Å². The summed E-state index contributed by atoms with van der Waals surface area (Å²) in [6.45, 7) is 0.187. The maximum Gasteiger partial charge on any atom is 0.411 e. The predicted molar refractivity (Wildman–Crippen MR) is 121 cm³/mol. The van der Waals surface area contributed by atoms with E-state index in [9.17, 15) is 13.2 Å². The minimum absolute atomic E-state index is 0.0645. The van der Waals surface area contributed by atoms with Gasteiger partial charge in [-0.1, -0.05) is 29.8 Å². The van der Waals surface area contributed by atoms with Gasteiger partial charge in [-0.2, -0.15) is 4.98 Å². The molecule has 0 fully saturated rings. The van der Waals surface area contributed by atoms with Crippen molar-refractivity contribution in [2.75, 3.05) is 13.7 Å². The predicted octanol–water partition coefficient (Wildman–Crippen LogP) is 3.36. The van der Waals surface area contributed by atoms with Crippen molar-refractivity contribution in [1.29, 1.82) is 0 Å². The Morgan fingerprint density at radius 1 is 1.19 bits per heavy atom. The van der Waals surface area contributed by atoms with Crippen molar-refractivity contribution in [3.63, 3.8) is 0 Å². The zero-order valence-corrected chi connectivity index (χ0v) is 18.5. The lowest BCUT2D eigenvalue weighted by molar-refractivity contribution is 0.209. The number of rotatable bonds is 7. The second-order valence-electron chi connectivity index (χ2n) is 6.89. The van der Waals surface area contributed by atoms with Crippen LogP contribution in [0.1, 0.15) is 5.56 Å². The summed E-state index contributed by atoms with van der Waals surface area (Å²) in [5.74, 6) is 0.117. The van der Waals surface area contributed by atoms with Gasteiger partial charge in [0.1, 0.15) is 5.52 Å². The monoisotopic (exact) mass is 474 g/mol. The largest absolute Gasteiger partial charge is 0.481 e. The van der Waals surface area contributed by atoms with Crippen LogP contribution in [0.5, 0.6) is 11.8 Å². The standard InChI is InChI=1S/C21H19ClN4O5S/c1-30-18-11-15-14-10-13(6-7-17(14)25-19(15)20(26-18)31-21(23)27)32(28,29)24-9-8-12-4-2-3-5-16(12)22/h2-7,10-11,24-25H,8-9H2,1H3,(H2,23,27). The fraction of sp³-hybridized carbons (Fsp3) is 0.143. The van der Waals surface area contributed by atoms with Crippen molar-refractivity contribution < 1.29 is 22.7 Å². The summed E-state index contributed by atoms with van der Waals surface area (Å²) in [5, 5.41) is 1.74. The molecule has 0 aliphatic rings. The smallest absolute Gasteiger partial charge is 0.411 e. The van der Waals surface area contributed by atoms with Crippen LogP contribution >= 0.6 is 11.6 Å². The number of carbonyl (C=O) groups excluding carboxylic acids is 1. The highest BCUT2D eigenvalue weighted by molar-refractivity contribution is 7.89. The van der Waals surface area contributed by atoms with Crippen LogP contribution in [0, 0.1) is 0 Å². The van der Waals surface area contributed by atoms with E-state index in [1.807, 2.05) is 18.2 Å². The molecular weight excluding hydrogens is 456 g/mol. The Morgan fingerprint density at radius 2 is 1.97 bits per heavy atom. The number of primary amides is 1. The van der Waals surface area contributed by atoms with E-state index in [-0.39, 0.29) is 23.2 Å². The number of nitrogens with zero attached hydrogens (tertiary/aromatic N) is 1. The highest BCUT2D eigenvalue weighted by atomic mass is 35.5. The third-order valence-corrected chi connectivity index (χ3v) is 6.69. The minimum Gasteiger partial charge on any atom is -0.481 e. The lowest BCUT2D eigenvalue weighted by atomic mass is 10.1. The lowest BCUT2D eigenvalue weighted by Gasteiger charge is -2.08. The first-order chi connectivity index (χ1) is 15.3. The number of sulfonamides is 1. The zero-order valence-electron chi connectivity index (χ0n) is 16.9. The summed E-state index contributed by atoms with van der Waals surface area (Å²) >= 11 is 6.13. The van der Waals surface area contributed by atoms with Crippen LogP contribution in [0.3, 0.4) is 0 Å². The molecule has 32 heavy (non-hydrogen) atoms. The van der Waals surface area contributed by atoms with Gasteiger partial charge in [-0.25, -0.2) is 17.9 Å². The normalized spacial score (nSPS) is 11.7. The molecule has 0 unspecified atom stereocenters. The highest BCUT2D eigenvalue weighted by Gasteiger charge is 2.19. The van der Waals surface area contributed by atoms with E-state index < -0.39 is 16.1 Å². The van der Waals surface area contributed by atoms with Crippen LogP contribution in [0.15, 0.2) is 53.4 Å². The van der Waals surface area contributed by atoms with Gasteiger partial charge in [0, 0.05) is 33.9 Å². The first-order valence-electron chi connectivity index (χ1n) is 9.49. The summed E-state index contributed by atoms with van der Waals surface area (Å²) in [5.41, 5.74) is 7.00. The van der Waals surface area contributed by atoms with E-state index in [2.05, 4.69) is 14.7 Å². The van der Waals surface area contributed by atoms with E-state index >= 15 is 0 Å². The molecule has 2 heterocycles. The molecule has 0 atom stereocenters. The number of aromatic nitrogens is 2. The molecule has 0 saturated heterocycles. The number of hydrogen-bond acceptors (Lipinski definition) is 6. The SMILES string of the molecule is COc1cc2c([nH]c3ccc(S(=O)(=O)NCCc4ccccc4Cl)cc32)c(OC(N)=O)n1. The van der Waals surface area contributed by atoms with Crippen molar-refractivity contribution in [3.05, 3.63) is 59.1 Å². The number of carbonyl (C=O) groups is 1. The molecule has 2 aromatic heterocycles. The van der Waals surface area contributed by atoms with Gasteiger partial charge in [0.15, 0.2) is 0 Å².